The van der Waals surface area contributed by atoms with E-state index >= 15 is 0 Å². The molecule has 3 unspecified atom stereocenters. The molecule has 0 radical (unpaired) electrons. The lowest BCUT2D eigenvalue weighted by atomic mass is 10.1. The van der Waals surface area contributed by atoms with Gasteiger partial charge in [-0.25, -0.2) is 4.57 Å². The van der Waals surface area contributed by atoms with E-state index in [9.17, 15) is 19.4 Å². The average Bonchev–Trinajstić information content (AvgIpc) is 3.12. The maximum absolute atomic E-state index is 12.5. The van der Waals surface area contributed by atoms with E-state index in [0.717, 1.165) is 70.6 Å². The van der Waals surface area contributed by atoms with Crippen LogP contribution in [0.1, 0.15) is 136 Å². The molecule has 0 fully saturated rings. The van der Waals surface area contributed by atoms with E-state index in [-0.39, 0.29) is 13.0 Å². The molecule has 0 aliphatic carbocycles. The number of phosphoric acid groups is 1. The second-order valence-electron chi connectivity index (χ2n) is 12.6. The predicted molar refractivity (Wildman–Crippen MR) is 209 cm³/mol. The highest BCUT2D eigenvalue weighted by molar-refractivity contribution is 7.47. The van der Waals surface area contributed by atoms with Crippen molar-refractivity contribution >= 4 is 13.8 Å². The van der Waals surface area contributed by atoms with E-state index in [1.54, 1.807) is 0 Å². The van der Waals surface area contributed by atoms with Gasteiger partial charge in [0, 0.05) is 13.0 Å². The number of unbranched alkanes of at least 4 members (excludes halogenated alkanes) is 10. The van der Waals surface area contributed by atoms with Crippen LogP contribution in [0.2, 0.25) is 0 Å². The van der Waals surface area contributed by atoms with E-state index in [0.29, 0.717) is 6.61 Å². The van der Waals surface area contributed by atoms with Gasteiger partial charge in [-0.2, -0.15) is 0 Å². The number of allylic oxidation sites excluding steroid dienone is 12. The molecule has 0 heterocycles. The first-order chi connectivity index (χ1) is 24.8. The van der Waals surface area contributed by atoms with Crippen molar-refractivity contribution in [2.75, 3.05) is 33.0 Å². The first-order valence-corrected chi connectivity index (χ1v) is 20.9. The molecule has 0 aromatic carbocycles. The minimum atomic E-state index is -4.53. The van der Waals surface area contributed by atoms with Gasteiger partial charge in [-0.3, -0.25) is 13.8 Å². The van der Waals surface area contributed by atoms with Crippen LogP contribution in [0.15, 0.2) is 72.9 Å². The molecule has 0 saturated carbocycles. The number of esters is 1. The van der Waals surface area contributed by atoms with Crippen molar-refractivity contribution in [1.82, 2.24) is 0 Å². The van der Waals surface area contributed by atoms with E-state index in [1.807, 2.05) is 0 Å². The zero-order valence-electron chi connectivity index (χ0n) is 31.8. The second kappa shape index (κ2) is 37.7. The van der Waals surface area contributed by atoms with Crippen LogP contribution in [-0.2, 0) is 27.9 Å². The topological polar surface area (TPSA) is 132 Å². The standard InChI is InChI=1S/C41H71O9P/c1-3-5-7-9-11-13-15-16-17-18-19-20-21-22-23-24-26-28-30-32-34-47-37-40(38-49-51(45,46)48-36-39(43)35-42)50-41(44)33-31-29-27-25-14-12-10-8-6-4-2/h5,7,11,13,16-17,19-20,22-23,26,28,39-40,42-43H,3-4,6,8-10,12,14-15,18,21,24-25,27,29-38H2,1-2H3,(H,45,46)/b7-5-,13-11-,17-16-,20-19-,23-22-,28-26-. The number of phosphoric ester groups is 1. The summed E-state index contributed by atoms with van der Waals surface area (Å²) in [5, 5.41) is 18.3. The molecule has 0 aliphatic heterocycles. The zero-order valence-corrected chi connectivity index (χ0v) is 32.7. The highest BCUT2D eigenvalue weighted by atomic mass is 31.2. The van der Waals surface area contributed by atoms with Crippen molar-refractivity contribution in [3.05, 3.63) is 72.9 Å². The number of aliphatic hydroxyl groups is 2. The fourth-order valence-corrected chi connectivity index (χ4v) is 5.51. The fraction of sp³-hybridized carbons (Fsp3) is 0.683. The summed E-state index contributed by atoms with van der Waals surface area (Å²) in [6.07, 6.45) is 43.1. The summed E-state index contributed by atoms with van der Waals surface area (Å²) >= 11 is 0. The molecule has 0 aliphatic rings. The monoisotopic (exact) mass is 738 g/mol. The van der Waals surface area contributed by atoms with Crippen LogP contribution in [0.5, 0.6) is 0 Å². The van der Waals surface area contributed by atoms with Gasteiger partial charge in [0.05, 0.1) is 26.4 Å². The Bertz CT molecular complexity index is 1020. The third-order valence-electron chi connectivity index (χ3n) is 7.66. The highest BCUT2D eigenvalue weighted by Gasteiger charge is 2.26. The third-order valence-corrected chi connectivity index (χ3v) is 8.61. The van der Waals surface area contributed by atoms with E-state index in [2.05, 4.69) is 86.8 Å². The van der Waals surface area contributed by atoms with Crippen LogP contribution in [0.25, 0.3) is 0 Å². The number of hydrogen-bond donors (Lipinski definition) is 3. The molecule has 0 amide bonds. The second-order valence-corrected chi connectivity index (χ2v) is 14.0. The van der Waals surface area contributed by atoms with Crippen LogP contribution in [-0.4, -0.2) is 66.3 Å². The van der Waals surface area contributed by atoms with Crippen LogP contribution in [0.4, 0.5) is 0 Å². The summed E-state index contributed by atoms with van der Waals surface area (Å²) in [5.41, 5.74) is 0. The minimum absolute atomic E-state index is 0.00673. The average molecular weight is 739 g/mol. The molecular formula is C41H71O9P. The van der Waals surface area contributed by atoms with Gasteiger partial charge < -0.3 is 24.6 Å². The largest absolute Gasteiger partial charge is 0.472 e. The van der Waals surface area contributed by atoms with Gasteiger partial charge in [-0.1, -0.05) is 145 Å². The third kappa shape index (κ3) is 37.5. The number of carbonyl (C=O) groups is 1. The molecule has 294 valence electrons. The van der Waals surface area contributed by atoms with Crippen molar-refractivity contribution in [1.29, 1.82) is 0 Å². The molecule has 10 heteroatoms. The van der Waals surface area contributed by atoms with Crippen LogP contribution in [0.3, 0.4) is 0 Å². The van der Waals surface area contributed by atoms with Crippen LogP contribution < -0.4 is 0 Å². The van der Waals surface area contributed by atoms with Gasteiger partial charge in [0.15, 0.2) is 0 Å². The zero-order chi connectivity index (χ0) is 37.5. The SMILES string of the molecule is CC/C=C\C/C=C\C/C=C\C/C=C\C/C=C\C/C=C\CCCOCC(COP(=O)(O)OCC(O)CO)OC(=O)CCCCCCCCCCCC. The van der Waals surface area contributed by atoms with Gasteiger partial charge in [-0.15, -0.1) is 0 Å². The normalized spacial score (nSPS) is 15.0. The minimum Gasteiger partial charge on any atom is -0.457 e. The Morgan fingerprint density at radius 2 is 1.10 bits per heavy atom. The van der Waals surface area contributed by atoms with Gasteiger partial charge in [-0.05, 0) is 57.8 Å². The summed E-state index contributed by atoms with van der Waals surface area (Å²) in [4.78, 5) is 22.4. The molecule has 3 atom stereocenters. The Balaban J connectivity index is 4.32. The Morgan fingerprint density at radius 1 is 0.627 bits per heavy atom. The Hall–Kier alpha value is -2.10. The van der Waals surface area contributed by atoms with Crippen LogP contribution in [0, 0.1) is 0 Å². The quantitative estimate of drug-likeness (QED) is 0.0249. The van der Waals surface area contributed by atoms with Crippen LogP contribution >= 0.6 is 7.82 Å². The maximum atomic E-state index is 12.5. The van der Waals surface area contributed by atoms with Crippen molar-refractivity contribution in [3.8, 4) is 0 Å². The lowest BCUT2D eigenvalue weighted by Crippen LogP contribution is -2.29. The summed E-state index contributed by atoms with van der Waals surface area (Å²) in [7, 11) is -4.53. The van der Waals surface area contributed by atoms with Crippen molar-refractivity contribution < 1.29 is 43.0 Å². The molecule has 9 nitrogen and oxygen atoms in total. The molecule has 51 heavy (non-hydrogen) atoms. The highest BCUT2D eigenvalue weighted by Crippen LogP contribution is 2.43. The van der Waals surface area contributed by atoms with Gasteiger partial charge in [0.1, 0.15) is 12.2 Å². The van der Waals surface area contributed by atoms with Gasteiger partial charge in [0.25, 0.3) is 0 Å². The van der Waals surface area contributed by atoms with E-state index in [4.69, 9.17) is 23.6 Å². The number of rotatable bonds is 36. The molecule has 0 aromatic rings. The molecule has 0 spiro atoms. The number of ether oxygens (including phenoxy) is 2. The Kier molecular flexibility index (Phi) is 36.1. The van der Waals surface area contributed by atoms with Gasteiger partial charge in [0.2, 0.25) is 0 Å². The molecule has 0 aromatic heterocycles. The number of aliphatic hydroxyl groups excluding tert-OH is 2. The lowest BCUT2D eigenvalue weighted by Gasteiger charge is -2.20. The Morgan fingerprint density at radius 3 is 1.61 bits per heavy atom. The predicted octanol–water partition coefficient (Wildman–Crippen LogP) is 10.2. The number of hydrogen-bond acceptors (Lipinski definition) is 8. The number of carbonyl (C=O) groups excluding carboxylic acids is 1. The molecule has 3 N–H and O–H groups in total. The summed E-state index contributed by atoms with van der Waals surface area (Å²) in [6, 6.07) is 0. The summed E-state index contributed by atoms with van der Waals surface area (Å²) in [5.74, 6) is -0.408. The van der Waals surface area contributed by atoms with Gasteiger partial charge >= 0.3 is 13.8 Å². The summed E-state index contributed by atoms with van der Waals surface area (Å²) < 4.78 is 33.1. The Labute approximate surface area is 310 Å². The first kappa shape index (κ1) is 48.9. The fourth-order valence-electron chi connectivity index (χ4n) is 4.72. The molecule has 0 saturated heterocycles. The van der Waals surface area contributed by atoms with E-state index < -0.39 is 45.8 Å². The van der Waals surface area contributed by atoms with Crippen molar-refractivity contribution in [3.63, 3.8) is 0 Å². The smallest absolute Gasteiger partial charge is 0.457 e. The van der Waals surface area contributed by atoms with Crippen molar-refractivity contribution in [2.24, 2.45) is 0 Å². The lowest BCUT2D eigenvalue weighted by molar-refractivity contribution is -0.154. The molecule has 0 bridgehead atoms. The molecule has 0 rings (SSSR count). The molecular weight excluding hydrogens is 667 g/mol. The maximum Gasteiger partial charge on any atom is 0.472 e. The first-order valence-electron chi connectivity index (χ1n) is 19.4. The van der Waals surface area contributed by atoms with Crippen molar-refractivity contribution in [2.45, 2.75) is 148 Å². The summed E-state index contributed by atoms with van der Waals surface area (Å²) in [6.45, 7) is 3.20. The van der Waals surface area contributed by atoms with E-state index in [1.165, 1.54) is 44.9 Å².